The van der Waals surface area contributed by atoms with Crippen molar-refractivity contribution in [1.29, 1.82) is 0 Å². The molecule has 114 valence electrons. The zero-order valence-electron chi connectivity index (χ0n) is 12.4. The van der Waals surface area contributed by atoms with Crippen LogP contribution in [-0.4, -0.2) is 30.6 Å². The molecule has 1 amide bonds. The summed E-state index contributed by atoms with van der Waals surface area (Å²) in [5, 5.41) is 0. The molecular weight excluding hydrogens is 285 g/mol. The lowest BCUT2D eigenvalue weighted by Gasteiger charge is -2.35. The fourth-order valence-corrected chi connectivity index (χ4v) is 2.61. The Morgan fingerprint density at radius 3 is 2.59 bits per heavy atom. The largest absolute Gasteiger partial charge is 0.371 e. The number of nitrogens with zero attached hydrogens (tertiary/aromatic N) is 3. The number of anilines is 2. The standard InChI is InChI=1S/C16H16FN3O2/c1-18-7-8-20(13-5-4-12(17)9-14(13)18)16(22)11-3-6-15(21)19(2)10-11/h3-6,9-10H,7-8H2,1-2H3. The smallest absolute Gasteiger partial charge is 0.259 e. The lowest BCUT2D eigenvalue weighted by atomic mass is 10.1. The lowest BCUT2D eigenvalue weighted by molar-refractivity contribution is 0.0986. The monoisotopic (exact) mass is 301 g/mol. The predicted octanol–water partition coefficient (Wildman–Crippen LogP) is 1.62. The molecule has 0 radical (unpaired) electrons. The highest BCUT2D eigenvalue weighted by Gasteiger charge is 2.26. The highest BCUT2D eigenvalue weighted by Crippen LogP contribution is 2.33. The fraction of sp³-hybridized carbons (Fsp3) is 0.250. The Morgan fingerprint density at radius 1 is 1.09 bits per heavy atom. The topological polar surface area (TPSA) is 45.6 Å². The first-order valence-corrected chi connectivity index (χ1v) is 6.96. The molecule has 1 aromatic heterocycles. The van der Waals surface area contributed by atoms with Gasteiger partial charge in [0, 0.05) is 39.4 Å². The van der Waals surface area contributed by atoms with Crippen molar-refractivity contribution in [2.24, 2.45) is 7.05 Å². The molecule has 0 unspecified atom stereocenters. The number of hydrogen-bond acceptors (Lipinski definition) is 3. The van der Waals surface area contributed by atoms with Gasteiger partial charge in [-0.15, -0.1) is 0 Å². The first kappa shape index (κ1) is 14.3. The van der Waals surface area contributed by atoms with Gasteiger partial charge < -0.3 is 14.4 Å². The summed E-state index contributed by atoms with van der Waals surface area (Å²) in [6.45, 7) is 1.13. The summed E-state index contributed by atoms with van der Waals surface area (Å²) >= 11 is 0. The molecule has 0 saturated carbocycles. The van der Waals surface area contributed by atoms with E-state index in [4.69, 9.17) is 0 Å². The van der Waals surface area contributed by atoms with Crippen molar-refractivity contribution in [2.75, 3.05) is 29.9 Å². The molecule has 1 aromatic carbocycles. The van der Waals surface area contributed by atoms with E-state index >= 15 is 0 Å². The molecule has 0 saturated heterocycles. The van der Waals surface area contributed by atoms with Gasteiger partial charge >= 0.3 is 0 Å². The molecule has 0 spiro atoms. The molecule has 0 bridgehead atoms. The Labute approximate surface area is 127 Å². The number of halogens is 1. The number of benzene rings is 1. The second kappa shape index (κ2) is 5.29. The van der Waals surface area contributed by atoms with Gasteiger partial charge in [-0.1, -0.05) is 0 Å². The average Bonchev–Trinajstić information content (AvgIpc) is 2.50. The third kappa shape index (κ3) is 2.36. The van der Waals surface area contributed by atoms with Gasteiger partial charge in [0.25, 0.3) is 5.91 Å². The highest BCUT2D eigenvalue weighted by molar-refractivity contribution is 6.08. The minimum atomic E-state index is -0.331. The number of aryl methyl sites for hydroxylation is 1. The maximum Gasteiger partial charge on any atom is 0.259 e. The van der Waals surface area contributed by atoms with Crippen molar-refractivity contribution >= 4 is 17.3 Å². The van der Waals surface area contributed by atoms with Gasteiger partial charge in [-0.05, 0) is 24.3 Å². The van der Waals surface area contributed by atoms with Gasteiger partial charge in [-0.3, -0.25) is 9.59 Å². The van der Waals surface area contributed by atoms with Crippen LogP contribution in [0.4, 0.5) is 15.8 Å². The van der Waals surface area contributed by atoms with Crippen LogP contribution in [0.5, 0.6) is 0 Å². The molecule has 5 nitrogen and oxygen atoms in total. The summed E-state index contributed by atoms with van der Waals surface area (Å²) in [6, 6.07) is 7.27. The first-order chi connectivity index (χ1) is 10.5. The summed E-state index contributed by atoms with van der Waals surface area (Å²) in [4.78, 5) is 27.7. The van der Waals surface area contributed by atoms with Crippen molar-refractivity contribution in [3.8, 4) is 0 Å². The van der Waals surface area contributed by atoms with E-state index in [9.17, 15) is 14.0 Å². The van der Waals surface area contributed by atoms with Crippen LogP contribution in [0, 0.1) is 5.82 Å². The normalized spacial score (nSPS) is 14.0. The number of aromatic nitrogens is 1. The van der Waals surface area contributed by atoms with Crippen molar-refractivity contribution in [3.63, 3.8) is 0 Å². The molecule has 2 heterocycles. The number of likely N-dealkylation sites (N-methyl/N-ethyl adjacent to an activating group) is 1. The number of amides is 1. The Bertz CT molecular complexity index is 800. The molecule has 1 aliphatic rings. The first-order valence-electron chi connectivity index (χ1n) is 6.96. The van der Waals surface area contributed by atoms with E-state index in [0.717, 1.165) is 0 Å². The van der Waals surface area contributed by atoms with E-state index in [1.165, 1.54) is 35.0 Å². The second-order valence-electron chi connectivity index (χ2n) is 5.38. The van der Waals surface area contributed by atoms with Gasteiger partial charge in [-0.25, -0.2) is 4.39 Å². The van der Waals surface area contributed by atoms with E-state index < -0.39 is 0 Å². The van der Waals surface area contributed by atoms with Crippen LogP contribution in [0.2, 0.25) is 0 Å². The molecule has 6 heteroatoms. The van der Waals surface area contributed by atoms with Crippen LogP contribution in [0.1, 0.15) is 10.4 Å². The van der Waals surface area contributed by atoms with Crippen LogP contribution in [0.15, 0.2) is 41.3 Å². The Hall–Kier alpha value is -2.63. The number of carbonyl (C=O) groups excluding carboxylic acids is 1. The molecule has 0 N–H and O–H groups in total. The van der Waals surface area contributed by atoms with E-state index in [1.807, 2.05) is 11.9 Å². The number of pyridine rings is 1. The zero-order valence-corrected chi connectivity index (χ0v) is 12.4. The van der Waals surface area contributed by atoms with E-state index in [1.54, 1.807) is 18.0 Å². The molecule has 0 atom stereocenters. The zero-order chi connectivity index (χ0) is 15.9. The van der Waals surface area contributed by atoms with E-state index in [0.29, 0.717) is 30.0 Å². The minimum absolute atomic E-state index is 0.169. The van der Waals surface area contributed by atoms with Gasteiger partial charge in [0.05, 0.1) is 16.9 Å². The Kier molecular flexibility index (Phi) is 3.44. The van der Waals surface area contributed by atoms with Crippen LogP contribution in [0.25, 0.3) is 0 Å². The third-order valence-corrected chi connectivity index (χ3v) is 3.88. The van der Waals surface area contributed by atoms with Crippen molar-refractivity contribution < 1.29 is 9.18 Å². The van der Waals surface area contributed by atoms with Gasteiger partial charge in [0.2, 0.25) is 5.56 Å². The van der Waals surface area contributed by atoms with Crippen LogP contribution in [0.3, 0.4) is 0 Å². The number of fused-ring (bicyclic) bond motifs is 1. The molecule has 3 rings (SSSR count). The van der Waals surface area contributed by atoms with Crippen molar-refractivity contribution in [3.05, 3.63) is 58.3 Å². The summed E-state index contributed by atoms with van der Waals surface area (Å²) < 4.78 is 14.8. The molecule has 22 heavy (non-hydrogen) atoms. The molecule has 2 aromatic rings. The SMILES string of the molecule is CN1CCN(C(=O)c2ccc(=O)n(C)c2)c2ccc(F)cc21. The lowest BCUT2D eigenvalue weighted by Crippen LogP contribution is -2.43. The van der Waals surface area contributed by atoms with Crippen LogP contribution in [-0.2, 0) is 7.05 Å². The molecule has 1 aliphatic heterocycles. The van der Waals surface area contributed by atoms with Gasteiger partial charge in [-0.2, -0.15) is 0 Å². The van der Waals surface area contributed by atoms with Crippen molar-refractivity contribution in [1.82, 2.24) is 4.57 Å². The quantitative estimate of drug-likeness (QED) is 0.804. The maximum atomic E-state index is 13.4. The third-order valence-electron chi connectivity index (χ3n) is 3.88. The summed E-state index contributed by atoms with van der Waals surface area (Å²) in [5.74, 6) is -0.529. The minimum Gasteiger partial charge on any atom is -0.371 e. The van der Waals surface area contributed by atoms with E-state index in [-0.39, 0.29) is 17.3 Å². The predicted molar refractivity (Wildman–Crippen MR) is 83.0 cm³/mol. The van der Waals surface area contributed by atoms with Crippen LogP contribution < -0.4 is 15.4 Å². The summed E-state index contributed by atoms with van der Waals surface area (Å²) in [6.07, 6.45) is 1.52. The van der Waals surface area contributed by atoms with E-state index in [2.05, 4.69) is 0 Å². The number of carbonyl (C=O) groups is 1. The highest BCUT2D eigenvalue weighted by atomic mass is 19.1. The second-order valence-corrected chi connectivity index (χ2v) is 5.38. The van der Waals surface area contributed by atoms with Crippen LogP contribution >= 0.6 is 0 Å². The Morgan fingerprint density at radius 2 is 1.86 bits per heavy atom. The van der Waals surface area contributed by atoms with Gasteiger partial charge in [0.1, 0.15) is 5.82 Å². The fourth-order valence-electron chi connectivity index (χ4n) is 2.61. The summed E-state index contributed by atoms with van der Waals surface area (Å²) in [5.41, 5.74) is 1.62. The molecule has 0 fully saturated rings. The van der Waals surface area contributed by atoms with Gasteiger partial charge in [0.15, 0.2) is 0 Å². The maximum absolute atomic E-state index is 13.4. The molecule has 0 aliphatic carbocycles. The Balaban J connectivity index is 2.02. The summed E-state index contributed by atoms with van der Waals surface area (Å²) in [7, 11) is 3.47. The number of rotatable bonds is 1. The van der Waals surface area contributed by atoms with Crippen molar-refractivity contribution in [2.45, 2.75) is 0 Å². The number of hydrogen-bond donors (Lipinski definition) is 0. The molecular formula is C16H16FN3O2. The average molecular weight is 301 g/mol.